The highest BCUT2D eigenvalue weighted by molar-refractivity contribution is 5.25. The van der Waals surface area contributed by atoms with Gasteiger partial charge in [0.2, 0.25) is 5.95 Å². The molecule has 2 aromatic rings. The molecule has 0 saturated heterocycles. The summed E-state index contributed by atoms with van der Waals surface area (Å²) in [5, 5.41) is 16.1. The Morgan fingerprint density at radius 3 is 2.48 bits per heavy atom. The average Bonchev–Trinajstić information content (AvgIpc) is 2.81. The molecule has 0 aliphatic heterocycles. The number of nitrogens with one attached hydrogen (secondary N) is 1. The highest BCUT2D eigenvalue weighted by Crippen LogP contribution is 2.07. The van der Waals surface area contributed by atoms with Crippen LogP contribution in [0.5, 0.6) is 0 Å². The Hall–Kier alpha value is -1.98. The Labute approximate surface area is 126 Å². The van der Waals surface area contributed by atoms with Crippen molar-refractivity contribution in [3.8, 4) is 0 Å². The van der Waals surface area contributed by atoms with Gasteiger partial charge in [0.25, 0.3) is 0 Å². The summed E-state index contributed by atoms with van der Waals surface area (Å²) >= 11 is 0. The molecule has 2 heterocycles. The largest absolute Gasteiger partial charge is 0.353 e. The van der Waals surface area contributed by atoms with Gasteiger partial charge in [-0.15, -0.1) is 5.10 Å². The van der Waals surface area contributed by atoms with Crippen molar-refractivity contribution >= 4 is 5.95 Å². The average molecular weight is 288 g/mol. The van der Waals surface area contributed by atoms with E-state index in [0.29, 0.717) is 5.95 Å². The lowest BCUT2D eigenvalue weighted by molar-refractivity contribution is 0.572. The number of rotatable bonds is 7. The van der Waals surface area contributed by atoms with E-state index in [1.807, 2.05) is 11.6 Å². The molecule has 2 rings (SSSR count). The molecule has 0 amide bonds. The number of aromatic nitrogens is 5. The second-order valence-corrected chi connectivity index (χ2v) is 5.17. The summed E-state index contributed by atoms with van der Waals surface area (Å²) < 4.78 is 2.04. The summed E-state index contributed by atoms with van der Waals surface area (Å²) in [5.74, 6) is 0.623. The minimum Gasteiger partial charge on any atom is -0.353 e. The number of hydrogen-bond donors (Lipinski definition) is 1. The monoisotopic (exact) mass is 288 g/mol. The topological polar surface area (TPSA) is 68.5 Å². The number of hydrogen-bond acceptors (Lipinski definition) is 5. The standard InChI is InChI=1S/C15H24N6/c1-5-13-14(6-2)18-19-15(17-13)16-8-7-9-21-12(4)10-11(3)20-21/h10H,5-9H2,1-4H3,(H,16,17,19). The van der Waals surface area contributed by atoms with E-state index in [1.54, 1.807) is 0 Å². The predicted octanol–water partition coefficient (Wildman–Crippen LogP) is 2.31. The molecule has 6 heteroatoms. The van der Waals surface area contributed by atoms with Gasteiger partial charge in [0.1, 0.15) is 0 Å². The molecule has 0 unspecified atom stereocenters. The molecular weight excluding hydrogens is 264 g/mol. The van der Waals surface area contributed by atoms with Crippen molar-refractivity contribution in [3.05, 3.63) is 28.8 Å². The van der Waals surface area contributed by atoms with Gasteiger partial charge >= 0.3 is 0 Å². The molecule has 6 nitrogen and oxygen atoms in total. The van der Waals surface area contributed by atoms with Gasteiger partial charge in [-0.1, -0.05) is 13.8 Å². The zero-order valence-electron chi connectivity index (χ0n) is 13.3. The van der Waals surface area contributed by atoms with Crippen LogP contribution in [0, 0.1) is 13.8 Å². The molecule has 1 N–H and O–H groups in total. The first-order chi connectivity index (χ1) is 10.1. The molecule has 0 atom stereocenters. The van der Waals surface area contributed by atoms with Gasteiger partial charge in [-0.25, -0.2) is 4.98 Å². The zero-order chi connectivity index (χ0) is 15.2. The van der Waals surface area contributed by atoms with Gasteiger partial charge in [-0.3, -0.25) is 4.68 Å². The van der Waals surface area contributed by atoms with Crippen molar-refractivity contribution in [2.24, 2.45) is 0 Å². The summed E-state index contributed by atoms with van der Waals surface area (Å²) in [5.41, 5.74) is 4.29. The molecule has 0 aliphatic carbocycles. The van der Waals surface area contributed by atoms with Crippen molar-refractivity contribution in [2.45, 2.75) is 53.5 Å². The van der Waals surface area contributed by atoms with Crippen molar-refractivity contribution < 1.29 is 0 Å². The lowest BCUT2D eigenvalue weighted by Crippen LogP contribution is -2.13. The molecule has 0 spiro atoms. The van der Waals surface area contributed by atoms with E-state index in [2.05, 4.69) is 52.4 Å². The fourth-order valence-corrected chi connectivity index (χ4v) is 2.34. The van der Waals surface area contributed by atoms with Crippen molar-refractivity contribution in [1.82, 2.24) is 25.0 Å². The molecule has 0 aromatic carbocycles. The zero-order valence-corrected chi connectivity index (χ0v) is 13.3. The second-order valence-electron chi connectivity index (χ2n) is 5.17. The Kier molecular flexibility index (Phi) is 5.25. The number of nitrogens with zero attached hydrogens (tertiary/aromatic N) is 5. The number of aryl methyl sites for hydroxylation is 5. The fourth-order valence-electron chi connectivity index (χ4n) is 2.34. The lowest BCUT2D eigenvalue weighted by atomic mass is 10.2. The van der Waals surface area contributed by atoms with Crippen LogP contribution in [-0.2, 0) is 19.4 Å². The van der Waals surface area contributed by atoms with E-state index < -0.39 is 0 Å². The SMILES string of the molecule is CCc1nnc(NCCCn2nc(C)cc2C)nc1CC. The Morgan fingerprint density at radius 1 is 1.10 bits per heavy atom. The third kappa shape index (κ3) is 4.00. The minimum absolute atomic E-state index is 0.623. The van der Waals surface area contributed by atoms with Gasteiger partial charge in [0.15, 0.2) is 0 Å². The molecule has 0 saturated carbocycles. The van der Waals surface area contributed by atoms with E-state index in [9.17, 15) is 0 Å². The van der Waals surface area contributed by atoms with Gasteiger partial charge < -0.3 is 5.32 Å². The summed E-state index contributed by atoms with van der Waals surface area (Å²) in [6.45, 7) is 9.98. The molecule has 0 radical (unpaired) electrons. The minimum atomic E-state index is 0.623. The smallest absolute Gasteiger partial charge is 0.242 e. The van der Waals surface area contributed by atoms with Crippen molar-refractivity contribution in [3.63, 3.8) is 0 Å². The quantitative estimate of drug-likeness (QED) is 0.792. The van der Waals surface area contributed by atoms with E-state index in [1.165, 1.54) is 5.69 Å². The third-order valence-corrected chi connectivity index (χ3v) is 3.44. The second kappa shape index (κ2) is 7.15. The van der Waals surface area contributed by atoms with Crippen molar-refractivity contribution in [2.75, 3.05) is 11.9 Å². The summed E-state index contributed by atoms with van der Waals surface area (Å²) in [4.78, 5) is 4.52. The first-order valence-electron chi connectivity index (χ1n) is 7.61. The van der Waals surface area contributed by atoms with Crippen LogP contribution in [-0.4, -0.2) is 31.5 Å². The highest BCUT2D eigenvalue weighted by Gasteiger charge is 2.06. The highest BCUT2D eigenvalue weighted by atomic mass is 15.3. The lowest BCUT2D eigenvalue weighted by Gasteiger charge is -2.08. The van der Waals surface area contributed by atoms with Gasteiger partial charge in [-0.2, -0.15) is 10.2 Å². The van der Waals surface area contributed by atoms with Crippen LogP contribution >= 0.6 is 0 Å². The van der Waals surface area contributed by atoms with Gasteiger partial charge in [-0.05, 0) is 39.2 Å². The van der Waals surface area contributed by atoms with Gasteiger partial charge in [0, 0.05) is 18.8 Å². The summed E-state index contributed by atoms with van der Waals surface area (Å²) in [6, 6.07) is 2.09. The maximum atomic E-state index is 4.52. The van der Waals surface area contributed by atoms with Crippen LogP contribution in [0.2, 0.25) is 0 Å². The molecule has 0 aliphatic rings. The molecule has 0 bridgehead atoms. The van der Waals surface area contributed by atoms with Crippen LogP contribution in [0.1, 0.15) is 43.0 Å². The van der Waals surface area contributed by atoms with Crippen LogP contribution in [0.3, 0.4) is 0 Å². The van der Waals surface area contributed by atoms with E-state index in [4.69, 9.17) is 0 Å². The van der Waals surface area contributed by atoms with Crippen LogP contribution in [0.15, 0.2) is 6.07 Å². The maximum Gasteiger partial charge on any atom is 0.242 e. The van der Waals surface area contributed by atoms with E-state index >= 15 is 0 Å². The Balaban J connectivity index is 1.85. The normalized spacial score (nSPS) is 10.9. The van der Waals surface area contributed by atoms with Crippen molar-refractivity contribution in [1.29, 1.82) is 0 Å². The molecule has 0 fully saturated rings. The van der Waals surface area contributed by atoms with E-state index in [0.717, 1.165) is 49.4 Å². The van der Waals surface area contributed by atoms with Crippen LogP contribution in [0.25, 0.3) is 0 Å². The Bertz CT molecular complexity index is 590. The summed E-state index contributed by atoms with van der Waals surface area (Å²) in [7, 11) is 0. The van der Waals surface area contributed by atoms with Crippen LogP contribution < -0.4 is 5.32 Å². The fraction of sp³-hybridized carbons (Fsp3) is 0.600. The molecular formula is C15H24N6. The predicted molar refractivity (Wildman–Crippen MR) is 83.4 cm³/mol. The molecule has 2 aromatic heterocycles. The number of anilines is 1. The summed E-state index contributed by atoms with van der Waals surface area (Å²) in [6.07, 6.45) is 2.74. The van der Waals surface area contributed by atoms with E-state index in [-0.39, 0.29) is 0 Å². The van der Waals surface area contributed by atoms with Gasteiger partial charge in [0.05, 0.1) is 17.1 Å². The Morgan fingerprint density at radius 2 is 1.86 bits per heavy atom. The first-order valence-corrected chi connectivity index (χ1v) is 7.61. The third-order valence-electron chi connectivity index (χ3n) is 3.44. The molecule has 114 valence electrons. The molecule has 21 heavy (non-hydrogen) atoms. The first kappa shape index (κ1) is 15.4. The maximum absolute atomic E-state index is 4.52. The van der Waals surface area contributed by atoms with Crippen LogP contribution in [0.4, 0.5) is 5.95 Å².